The lowest BCUT2D eigenvalue weighted by Crippen LogP contribution is -2.05. The van der Waals surface area contributed by atoms with Crippen LogP contribution >= 0.6 is 8.58 Å². The molecule has 0 N–H and O–H groups in total. The molecule has 0 saturated heterocycles. The monoisotopic (exact) mass is 274 g/mol. The predicted molar refractivity (Wildman–Crippen MR) is 78.3 cm³/mol. The number of ether oxygens (including phenoxy) is 2. The number of methoxy groups -OCH3 is 2. The van der Waals surface area contributed by atoms with Crippen molar-refractivity contribution in [3.63, 3.8) is 0 Å². The molecule has 0 aliphatic carbocycles. The van der Waals surface area contributed by atoms with Gasteiger partial charge in [-0.1, -0.05) is 30.3 Å². The van der Waals surface area contributed by atoms with Crippen LogP contribution in [-0.4, -0.2) is 19.7 Å². The second-order valence-corrected chi connectivity index (χ2v) is 5.13. The zero-order valence-electron chi connectivity index (χ0n) is 10.8. The molecular weight excluding hydrogens is 259 g/mol. The Kier molecular flexibility index (Phi) is 4.53. The number of benzene rings is 2. The summed E-state index contributed by atoms with van der Waals surface area (Å²) in [6.07, 6.45) is 0. The Labute approximate surface area is 114 Å². The van der Waals surface area contributed by atoms with E-state index in [4.69, 9.17) is 9.47 Å². The van der Waals surface area contributed by atoms with Gasteiger partial charge < -0.3 is 9.47 Å². The molecule has 4 heteroatoms. The van der Waals surface area contributed by atoms with Crippen LogP contribution in [0.25, 0.3) is 0 Å². The van der Waals surface area contributed by atoms with Gasteiger partial charge in [-0.3, -0.25) is 4.79 Å². The summed E-state index contributed by atoms with van der Waals surface area (Å²) < 4.78 is 10.4. The number of hydrogen-bond acceptors (Lipinski definition) is 3. The SMILES string of the molecule is COc1ccc(PC(=O)c2ccccc2)c(OC)c1. The molecule has 2 aromatic rings. The number of rotatable bonds is 5. The molecule has 0 spiro atoms. The fraction of sp³-hybridized carbons (Fsp3) is 0.133. The van der Waals surface area contributed by atoms with Crippen molar-refractivity contribution in [2.75, 3.05) is 14.2 Å². The van der Waals surface area contributed by atoms with E-state index >= 15 is 0 Å². The van der Waals surface area contributed by atoms with Crippen LogP contribution in [0.15, 0.2) is 48.5 Å². The molecule has 2 aromatic carbocycles. The molecule has 19 heavy (non-hydrogen) atoms. The summed E-state index contributed by atoms with van der Waals surface area (Å²) in [5.41, 5.74) is 0.822. The lowest BCUT2D eigenvalue weighted by molar-refractivity contribution is 0.108. The maximum absolute atomic E-state index is 12.2. The molecule has 0 aliphatic rings. The van der Waals surface area contributed by atoms with Gasteiger partial charge in [0, 0.05) is 16.9 Å². The number of carbonyl (C=O) groups excluding carboxylic acids is 1. The largest absolute Gasteiger partial charge is 0.497 e. The fourth-order valence-electron chi connectivity index (χ4n) is 1.69. The smallest absolute Gasteiger partial charge is 0.185 e. The molecule has 0 fully saturated rings. The van der Waals surface area contributed by atoms with Crippen LogP contribution in [0.5, 0.6) is 11.5 Å². The van der Waals surface area contributed by atoms with Crippen LogP contribution in [-0.2, 0) is 0 Å². The first-order chi connectivity index (χ1) is 9.24. The van der Waals surface area contributed by atoms with E-state index in [-0.39, 0.29) is 14.1 Å². The van der Waals surface area contributed by atoms with Crippen molar-refractivity contribution in [1.29, 1.82) is 0 Å². The van der Waals surface area contributed by atoms with Gasteiger partial charge in [-0.05, 0) is 20.7 Å². The van der Waals surface area contributed by atoms with E-state index in [0.717, 1.165) is 16.6 Å². The summed E-state index contributed by atoms with van der Waals surface area (Å²) in [5.74, 6) is 1.40. The minimum Gasteiger partial charge on any atom is -0.497 e. The van der Waals surface area contributed by atoms with Gasteiger partial charge in [-0.2, -0.15) is 0 Å². The zero-order chi connectivity index (χ0) is 13.7. The van der Waals surface area contributed by atoms with E-state index in [1.807, 2.05) is 42.5 Å². The molecule has 0 saturated carbocycles. The highest BCUT2D eigenvalue weighted by atomic mass is 31.1. The quantitative estimate of drug-likeness (QED) is 0.786. The molecule has 0 aromatic heterocycles. The topological polar surface area (TPSA) is 35.5 Å². The van der Waals surface area contributed by atoms with Gasteiger partial charge in [0.15, 0.2) is 5.52 Å². The molecule has 0 amide bonds. The van der Waals surface area contributed by atoms with Crippen LogP contribution in [0.1, 0.15) is 10.4 Å². The van der Waals surface area contributed by atoms with Crippen molar-refractivity contribution in [3.05, 3.63) is 54.1 Å². The third-order valence-electron chi connectivity index (χ3n) is 2.69. The molecule has 0 radical (unpaired) electrons. The van der Waals surface area contributed by atoms with Crippen LogP contribution in [0, 0.1) is 0 Å². The third-order valence-corrected chi connectivity index (χ3v) is 3.89. The Bertz CT molecular complexity index is 567. The van der Waals surface area contributed by atoms with Crippen LogP contribution in [0.4, 0.5) is 0 Å². The van der Waals surface area contributed by atoms with Crippen molar-refractivity contribution in [1.82, 2.24) is 0 Å². The minimum absolute atomic E-state index is 0.0397. The molecule has 0 bridgehead atoms. The van der Waals surface area contributed by atoms with Gasteiger partial charge in [0.05, 0.1) is 14.2 Å². The average Bonchev–Trinajstić information content (AvgIpc) is 2.48. The van der Waals surface area contributed by atoms with Gasteiger partial charge in [0.1, 0.15) is 11.5 Å². The average molecular weight is 274 g/mol. The van der Waals surface area contributed by atoms with E-state index in [9.17, 15) is 4.79 Å². The highest BCUT2D eigenvalue weighted by molar-refractivity contribution is 7.66. The standard InChI is InChI=1S/C15H15O3P/c1-17-12-8-9-14(13(10-12)18-2)19-15(16)11-6-4-3-5-7-11/h3-10,19H,1-2H3. The summed E-state index contributed by atoms with van der Waals surface area (Å²) >= 11 is 0. The van der Waals surface area contributed by atoms with Crippen LogP contribution < -0.4 is 14.8 Å². The highest BCUT2D eigenvalue weighted by Gasteiger charge is 2.11. The summed E-state index contributed by atoms with van der Waals surface area (Å²) in [6, 6.07) is 14.8. The molecule has 0 heterocycles. The van der Waals surface area contributed by atoms with Crippen molar-refractivity contribution in [2.24, 2.45) is 0 Å². The van der Waals surface area contributed by atoms with E-state index in [1.165, 1.54) is 0 Å². The molecule has 1 unspecified atom stereocenters. The van der Waals surface area contributed by atoms with Gasteiger partial charge in [0.25, 0.3) is 0 Å². The van der Waals surface area contributed by atoms with E-state index in [1.54, 1.807) is 20.3 Å². The van der Waals surface area contributed by atoms with Crippen molar-refractivity contribution < 1.29 is 14.3 Å². The first kappa shape index (κ1) is 13.6. The Hall–Kier alpha value is -1.86. The second-order valence-electron chi connectivity index (χ2n) is 3.89. The Morgan fingerprint density at radius 1 is 1.00 bits per heavy atom. The normalized spacial score (nSPS) is 10.6. The van der Waals surface area contributed by atoms with Crippen LogP contribution in [0.2, 0.25) is 0 Å². The fourth-order valence-corrected chi connectivity index (χ4v) is 2.71. The summed E-state index contributed by atoms with van der Waals surface area (Å²) in [6.45, 7) is 0. The van der Waals surface area contributed by atoms with Crippen molar-refractivity contribution >= 4 is 19.4 Å². The minimum atomic E-state index is 0.0397. The van der Waals surface area contributed by atoms with Crippen molar-refractivity contribution in [2.45, 2.75) is 0 Å². The Balaban J connectivity index is 2.21. The van der Waals surface area contributed by atoms with E-state index in [2.05, 4.69) is 0 Å². The Morgan fingerprint density at radius 2 is 1.74 bits per heavy atom. The maximum atomic E-state index is 12.2. The van der Waals surface area contributed by atoms with Gasteiger partial charge >= 0.3 is 0 Å². The van der Waals surface area contributed by atoms with Crippen LogP contribution in [0.3, 0.4) is 0 Å². The maximum Gasteiger partial charge on any atom is 0.185 e. The molecule has 0 aliphatic heterocycles. The molecule has 2 rings (SSSR count). The number of hydrogen-bond donors (Lipinski definition) is 0. The second kappa shape index (κ2) is 6.35. The molecule has 98 valence electrons. The predicted octanol–water partition coefficient (Wildman–Crippen LogP) is 2.85. The van der Waals surface area contributed by atoms with Gasteiger partial charge in [-0.15, -0.1) is 0 Å². The lowest BCUT2D eigenvalue weighted by atomic mass is 10.2. The van der Waals surface area contributed by atoms with Crippen molar-refractivity contribution in [3.8, 4) is 11.5 Å². The van der Waals surface area contributed by atoms with E-state index < -0.39 is 0 Å². The summed E-state index contributed by atoms with van der Waals surface area (Å²) in [7, 11) is 3.24. The molecule has 1 atom stereocenters. The Morgan fingerprint density at radius 3 is 2.37 bits per heavy atom. The van der Waals surface area contributed by atoms with E-state index in [0.29, 0.717) is 5.75 Å². The first-order valence-electron chi connectivity index (χ1n) is 5.83. The third kappa shape index (κ3) is 3.33. The highest BCUT2D eigenvalue weighted by Crippen LogP contribution is 2.26. The first-order valence-corrected chi connectivity index (χ1v) is 6.83. The van der Waals surface area contributed by atoms with Gasteiger partial charge in [0.2, 0.25) is 0 Å². The zero-order valence-corrected chi connectivity index (χ0v) is 11.8. The molecule has 3 nitrogen and oxygen atoms in total. The molecular formula is C15H15O3P. The lowest BCUT2D eigenvalue weighted by Gasteiger charge is -2.09. The number of carbonyl (C=O) groups is 1. The summed E-state index contributed by atoms with van der Waals surface area (Å²) in [5, 5.41) is 0.886. The van der Waals surface area contributed by atoms with Gasteiger partial charge in [-0.25, -0.2) is 0 Å². The summed E-state index contributed by atoms with van der Waals surface area (Å²) in [4.78, 5) is 12.2.